The van der Waals surface area contributed by atoms with E-state index in [9.17, 15) is 26.4 Å². The summed E-state index contributed by atoms with van der Waals surface area (Å²) in [5.41, 5.74) is -0.429. The summed E-state index contributed by atoms with van der Waals surface area (Å²) in [5, 5.41) is 5.75. The van der Waals surface area contributed by atoms with Crippen molar-refractivity contribution in [2.24, 2.45) is 4.99 Å². The van der Waals surface area contributed by atoms with Crippen molar-refractivity contribution in [1.29, 1.82) is 0 Å². The highest BCUT2D eigenvalue weighted by Gasteiger charge is 2.30. The molecule has 1 amide bonds. The van der Waals surface area contributed by atoms with Crippen molar-refractivity contribution in [3.63, 3.8) is 0 Å². The SMILES string of the molecule is CN(C)C(=O)CNC(=NCc1cccc(C(F)(F)F)c1)NC1CCS(=O)(=O)C1. The first kappa shape index (κ1) is 22.0. The molecule has 0 bridgehead atoms. The van der Waals surface area contributed by atoms with E-state index in [0.717, 1.165) is 12.1 Å². The molecule has 1 aliphatic heterocycles. The standard InChI is InChI=1S/C17H23F3N4O3S/c1-24(2)15(25)10-22-16(23-14-6-7-28(26,27)11-14)21-9-12-4-3-5-13(8-12)17(18,19)20/h3-5,8,14H,6-7,9-11H2,1-2H3,(H2,21,22,23). The maximum Gasteiger partial charge on any atom is 0.416 e. The van der Waals surface area contributed by atoms with E-state index in [4.69, 9.17) is 0 Å². The molecule has 0 spiro atoms. The molecule has 0 aromatic heterocycles. The monoisotopic (exact) mass is 420 g/mol. The lowest BCUT2D eigenvalue weighted by atomic mass is 10.1. The number of sulfone groups is 1. The molecule has 2 rings (SSSR count). The highest BCUT2D eigenvalue weighted by atomic mass is 32.2. The van der Waals surface area contributed by atoms with Crippen molar-refractivity contribution >= 4 is 21.7 Å². The number of nitrogens with zero attached hydrogens (tertiary/aromatic N) is 2. The van der Waals surface area contributed by atoms with Crippen LogP contribution in [-0.4, -0.2) is 63.4 Å². The van der Waals surface area contributed by atoms with Crippen molar-refractivity contribution < 1.29 is 26.4 Å². The lowest BCUT2D eigenvalue weighted by Gasteiger charge is -2.18. The van der Waals surface area contributed by atoms with E-state index in [-0.39, 0.29) is 42.5 Å². The van der Waals surface area contributed by atoms with Crippen LogP contribution < -0.4 is 10.6 Å². The number of guanidine groups is 1. The van der Waals surface area contributed by atoms with Gasteiger partial charge in [0.1, 0.15) is 0 Å². The van der Waals surface area contributed by atoms with Crippen LogP contribution in [0.1, 0.15) is 17.5 Å². The minimum Gasteiger partial charge on any atom is -0.353 e. The summed E-state index contributed by atoms with van der Waals surface area (Å²) in [6.45, 7) is -0.143. The van der Waals surface area contributed by atoms with Crippen LogP contribution in [0.3, 0.4) is 0 Å². The molecule has 1 unspecified atom stereocenters. The van der Waals surface area contributed by atoms with Crippen molar-refractivity contribution in [2.45, 2.75) is 25.2 Å². The van der Waals surface area contributed by atoms with Crippen LogP contribution in [0, 0.1) is 0 Å². The number of nitrogens with one attached hydrogen (secondary N) is 2. The summed E-state index contributed by atoms with van der Waals surface area (Å²) < 4.78 is 61.7. The van der Waals surface area contributed by atoms with E-state index < -0.39 is 21.6 Å². The van der Waals surface area contributed by atoms with Gasteiger partial charge in [0.15, 0.2) is 15.8 Å². The normalized spacial score (nSPS) is 19.3. The molecule has 0 saturated carbocycles. The fraction of sp³-hybridized carbons (Fsp3) is 0.529. The maximum absolute atomic E-state index is 12.8. The second kappa shape index (κ2) is 8.80. The van der Waals surface area contributed by atoms with Gasteiger partial charge in [0.2, 0.25) is 5.91 Å². The minimum absolute atomic E-state index is 0.0567. The van der Waals surface area contributed by atoms with E-state index in [2.05, 4.69) is 15.6 Å². The van der Waals surface area contributed by atoms with Gasteiger partial charge in [-0.3, -0.25) is 4.79 Å². The molecule has 28 heavy (non-hydrogen) atoms. The summed E-state index contributed by atoms with van der Waals surface area (Å²) in [5.74, 6) is -0.0523. The molecule has 1 atom stereocenters. The lowest BCUT2D eigenvalue weighted by Crippen LogP contribution is -2.47. The number of carbonyl (C=O) groups is 1. The van der Waals surface area contributed by atoms with Crippen molar-refractivity contribution in [3.8, 4) is 0 Å². The van der Waals surface area contributed by atoms with Crippen molar-refractivity contribution in [2.75, 3.05) is 32.1 Å². The van der Waals surface area contributed by atoms with Gasteiger partial charge in [0.05, 0.1) is 30.2 Å². The predicted molar refractivity (Wildman–Crippen MR) is 99.5 cm³/mol. The Morgan fingerprint density at radius 1 is 1.32 bits per heavy atom. The number of benzene rings is 1. The number of alkyl halides is 3. The third-order valence-electron chi connectivity index (χ3n) is 4.15. The average molecular weight is 420 g/mol. The molecule has 1 fully saturated rings. The van der Waals surface area contributed by atoms with Gasteiger partial charge >= 0.3 is 6.18 Å². The molecule has 1 saturated heterocycles. The Labute approximate surface area is 161 Å². The van der Waals surface area contributed by atoms with Gasteiger partial charge in [0.25, 0.3) is 0 Å². The number of halogens is 3. The van der Waals surface area contributed by atoms with E-state index in [1.165, 1.54) is 17.0 Å². The van der Waals surface area contributed by atoms with Crippen LogP contribution in [0.4, 0.5) is 13.2 Å². The topological polar surface area (TPSA) is 90.9 Å². The Morgan fingerprint density at radius 3 is 2.61 bits per heavy atom. The van der Waals surface area contributed by atoms with Crippen LogP contribution in [0.2, 0.25) is 0 Å². The molecule has 0 aliphatic carbocycles. The van der Waals surface area contributed by atoms with Gasteiger partial charge in [-0.25, -0.2) is 13.4 Å². The Hall–Kier alpha value is -2.30. The number of hydrogen-bond donors (Lipinski definition) is 2. The fourth-order valence-electron chi connectivity index (χ4n) is 2.59. The molecule has 0 radical (unpaired) electrons. The molecule has 11 heteroatoms. The first-order chi connectivity index (χ1) is 13.0. The van der Waals surface area contributed by atoms with Crippen LogP contribution in [-0.2, 0) is 27.4 Å². The smallest absolute Gasteiger partial charge is 0.353 e. The number of carbonyl (C=O) groups excluding carboxylic acids is 1. The highest BCUT2D eigenvalue weighted by molar-refractivity contribution is 7.91. The average Bonchev–Trinajstić information content (AvgIpc) is 2.95. The number of hydrogen-bond acceptors (Lipinski definition) is 4. The molecule has 1 aliphatic rings. The molecule has 1 heterocycles. The Morgan fingerprint density at radius 2 is 2.04 bits per heavy atom. The number of aliphatic imine (C=N–C) groups is 1. The lowest BCUT2D eigenvalue weighted by molar-refractivity contribution is -0.137. The highest BCUT2D eigenvalue weighted by Crippen LogP contribution is 2.29. The predicted octanol–water partition coefficient (Wildman–Crippen LogP) is 1.02. The Bertz CT molecular complexity index is 838. The molecular formula is C17H23F3N4O3S. The van der Waals surface area contributed by atoms with Crippen molar-refractivity contribution in [3.05, 3.63) is 35.4 Å². The zero-order valence-corrected chi connectivity index (χ0v) is 16.4. The van der Waals surface area contributed by atoms with E-state index in [0.29, 0.717) is 12.0 Å². The second-order valence-corrected chi connectivity index (χ2v) is 8.98. The van der Waals surface area contributed by atoms with Gasteiger partial charge in [-0.05, 0) is 24.1 Å². The summed E-state index contributed by atoms with van der Waals surface area (Å²) in [7, 11) is 0.0472. The molecular weight excluding hydrogens is 397 g/mol. The Kier molecular flexibility index (Phi) is 6.91. The quantitative estimate of drug-likeness (QED) is 0.548. The largest absolute Gasteiger partial charge is 0.416 e. The maximum atomic E-state index is 12.8. The van der Waals surface area contributed by atoms with Crippen LogP contribution >= 0.6 is 0 Å². The summed E-state index contributed by atoms with van der Waals surface area (Å²) >= 11 is 0. The third kappa shape index (κ3) is 6.70. The first-order valence-corrected chi connectivity index (χ1v) is 10.4. The van der Waals surface area contributed by atoms with Crippen LogP contribution in [0.5, 0.6) is 0 Å². The van der Waals surface area contributed by atoms with Gasteiger partial charge in [-0.15, -0.1) is 0 Å². The molecule has 1 aromatic carbocycles. The Balaban J connectivity index is 2.12. The van der Waals surface area contributed by atoms with Gasteiger partial charge in [0, 0.05) is 20.1 Å². The number of amides is 1. The zero-order chi connectivity index (χ0) is 20.9. The molecule has 7 nitrogen and oxygen atoms in total. The summed E-state index contributed by atoms with van der Waals surface area (Å²) in [6, 6.07) is 4.43. The minimum atomic E-state index is -4.45. The van der Waals surface area contributed by atoms with Gasteiger partial charge in [-0.1, -0.05) is 12.1 Å². The van der Waals surface area contributed by atoms with E-state index in [1.54, 1.807) is 14.1 Å². The molecule has 2 N–H and O–H groups in total. The third-order valence-corrected chi connectivity index (χ3v) is 5.92. The number of likely N-dealkylation sites (N-methyl/N-ethyl adjacent to an activating group) is 1. The fourth-order valence-corrected chi connectivity index (χ4v) is 4.26. The second-order valence-electron chi connectivity index (χ2n) is 6.75. The van der Waals surface area contributed by atoms with Crippen LogP contribution in [0.25, 0.3) is 0 Å². The van der Waals surface area contributed by atoms with E-state index in [1.807, 2.05) is 0 Å². The first-order valence-electron chi connectivity index (χ1n) is 8.58. The molecule has 156 valence electrons. The molecule has 1 aromatic rings. The summed E-state index contributed by atoms with van der Waals surface area (Å²) in [6.07, 6.45) is -4.05. The van der Waals surface area contributed by atoms with Gasteiger partial charge < -0.3 is 15.5 Å². The zero-order valence-electron chi connectivity index (χ0n) is 15.6. The number of rotatable bonds is 5. The van der Waals surface area contributed by atoms with E-state index >= 15 is 0 Å². The summed E-state index contributed by atoms with van der Waals surface area (Å²) in [4.78, 5) is 17.4. The van der Waals surface area contributed by atoms with Crippen LogP contribution in [0.15, 0.2) is 29.3 Å². The van der Waals surface area contributed by atoms with Crippen molar-refractivity contribution in [1.82, 2.24) is 15.5 Å². The van der Waals surface area contributed by atoms with Gasteiger partial charge in [-0.2, -0.15) is 13.2 Å².